The molecule has 1 saturated heterocycles. The van der Waals surface area contributed by atoms with Crippen molar-refractivity contribution in [2.24, 2.45) is 5.92 Å². The second kappa shape index (κ2) is 9.14. The molecule has 5 rings (SSSR count). The van der Waals surface area contributed by atoms with Gasteiger partial charge in [-0.1, -0.05) is 64.5 Å². The van der Waals surface area contributed by atoms with Crippen molar-refractivity contribution in [1.82, 2.24) is 4.90 Å². The van der Waals surface area contributed by atoms with Crippen LogP contribution >= 0.6 is 15.9 Å². The molecule has 0 radical (unpaired) electrons. The van der Waals surface area contributed by atoms with Crippen LogP contribution in [0.2, 0.25) is 0 Å². The number of ether oxygens (including phenoxy) is 2. The normalized spacial score (nSPS) is 18.9. The monoisotopic (exact) mass is 521 g/mol. The molecule has 3 aromatic carbocycles. The minimum Gasteiger partial charge on any atom is -0.497 e. The molecule has 6 nitrogen and oxygen atoms in total. The van der Waals surface area contributed by atoms with Gasteiger partial charge in [0.1, 0.15) is 12.4 Å². The van der Waals surface area contributed by atoms with Crippen molar-refractivity contribution in [3.8, 4) is 16.9 Å². The maximum atomic E-state index is 13.1. The van der Waals surface area contributed by atoms with E-state index in [0.29, 0.717) is 5.75 Å². The SMILES string of the molecule is COc1ccc(Br)c(C2CN(C(=O)OCC3c4ccccc4-c4ccccc43)CC2C(=O)O)c1. The van der Waals surface area contributed by atoms with Crippen LogP contribution in [0.3, 0.4) is 0 Å². The third-order valence-corrected chi connectivity index (χ3v) is 7.56. The quantitative estimate of drug-likeness (QED) is 0.479. The minimum atomic E-state index is -0.936. The first-order valence-electron chi connectivity index (χ1n) is 11.1. The lowest BCUT2D eigenvalue weighted by Gasteiger charge is -2.20. The standard InChI is InChI=1S/C27H24BrNO5/c1-33-16-10-11-25(28)21(12-16)22-13-29(14-23(22)26(30)31)27(32)34-15-24-19-8-4-2-6-17(19)18-7-3-5-9-20(18)24/h2-12,22-24H,13-15H2,1H3,(H,30,31). The molecular weight excluding hydrogens is 498 g/mol. The van der Waals surface area contributed by atoms with Crippen molar-refractivity contribution >= 4 is 28.0 Å². The summed E-state index contributed by atoms with van der Waals surface area (Å²) in [5.74, 6) is -1.44. The summed E-state index contributed by atoms with van der Waals surface area (Å²) in [6.07, 6.45) is -0.491. The first-order chi connectivity index (χ1) is 16.5. The van der Waals surface area contributed by atoms with E-state index < -0.39 is 18.0 Å². The van der Waals surface area contributed by atoms with Crippen molar-refractivity contribution in [2.45, 2.75) is 11.8 Å². The zero-order valence-corrected chi connectivity index (χ0v) is 20.2. The number of carboxylic acid groups (broad SMARTS) is 1. The van der Waals surface area contributed by atoms with E-state index in [4.69, 9.17) is 9.47 Å². The number of likely N-dealkylation sites (tertiary alicyclic amines) is 1. The maximum absolute atomic E-state index is 13.1. The Morgan fingerprint density at radius 2 is 1.62 bits per heavy atom. The van der Waals surface area contributed by atoms with E-state index in [1.165, 1.54) is 4.90 Å². The van der Waals surface area contributed by atoms with E-state index in [-0.39, 0.29) is 31.5 Å². The first kappa shape index (κ1) is 22.5. The zero-order valence-electron chi connectivity index (χ0n) is 18.6. The van der Waals surface area contributed by atoms with Crippen LogP contribution < -0.4 is 4.74 Å². The lowest BCUT2D eigenvalue weighted by molar-refractivity contribution is -0.141. The molecule has 1 aliphatic heterocycles. The Bertz CT molecular complexity index is 1210. The summed E-state index contributed by atoms with van der Waals surface area (Å²) in [6, 6.07) is 21.8. The summed E-state index contributed by atoms with van der Waals surface area (Å²) in [5.41, 5.74) is 5.41. The highest BCUT2D eigenvalue weighted by Crippen LogP contribution is 2.45. The average Bonchev–Trinajstić information content (AvgIpc) is 3.43. The molecule has 34 heavy (non-hydrogen) atoms. The second-order valence-electron chi connectivity index (χ2n) is 8.65. The van der Waals surface area contributed by atoms with E-state index in [9.17, 15) is 14.7 Å². The number of benzene rings is 3. The van der Waals surface area contributed by atoms with Gasteiger partial charge in [0.25, 0.3) is 0 Å². The Balaban J connectivity index is 1.34. The van der Waals surface area contributed by atoms with Crippen molar-refractivity contribution in [1.29, 1.82) is 0 Å². The highest BCUT2D eigenvalue weighted by atomic mass is 79.9. The molecule has 0 spiro atoms. The molecule has 0 aromatic heterocycles. The highest BCUT2D eigenvalue weighted by Gasteiger charge is 2.42. The smallest absolute Gasteiger partial charge is 0.409 e. The van der Waals surface area contributed by atoms with Gasteiger partial charge in [-0.3, -0.25) is 4.79 Å². The third kappa shape index (κ3) is 3.94. The second-order valence-corrected chi connectivity index (χ2v) is 9.50. The number of fused-ring (bicyclic) bond motifs is 3. The van der Waals surface area contributed by atoms with E-state index in [0.717, 1.165) is 32.3 Å². The van der Waals surface area contributed by atoms with Crippen LogP contribution in [-0.4, -0.2) is 48.9 Å². The number of halogens is 1. The molecule has 2 unspecified atom stereocenters. The Morgan fingerprint density at radius 3 is 2.24 bits per heavy atom. The summed E-state index contributed by atoms with van der Waals surface area (Å²) >= 11 is 3.53. The van der Waals surface area contributed by atoms with Gasteiger partial charge in [-0.05, 0) is 46.0 Å². The highest BCUT2D eigenvalue weighted by molar-refractivity contribution is 9.10. The predicted octanol–water partition coefficient (Wildman–Crippen LogP) is 5.51. The fourth-order valence-corrected chi connectivity index (χ4v) is 5.68. The van der Waals surface area contributed by atoms with Gasteiger partial charge in [0.2, 0.25) is 0 Å². The molecule has 1 heterocycles. The minimum absolute atomic E-state index is 0.0439. The van der Waals surface area contributed by atoms with Gasteiger partial charge in [0.05, 0.1) is 13.0 Å². The van der Waals surface area contributed by atoms with Crippen LogP contribution in [0.5, 0.6) is 5.75 Å². The molecule has 1 amide bonds. The molecule has 0 saturated carbocycles. The molecule has 0 bridgehead atoms. The fraction of sp³-hybridized carbons (Fsp3) is 0.259. The number of methoxy groups -OCH3 is 1. The summed E-state index contributed by atoms with van der Waals surface area (Å²) in [7, 11) is 1.57. The molecule has 174 valence electrons. The largest absolute Gasteiger partial charge is 0.497 e. The summed E-state index contributed by atoms with van der Waals surface area (Å²) in [6.45, 7) is 0.564. The number of nitrogens with zero attached hydrogens (tertiary/aromatic N) is 1. The number of rotatable bonds is 5. The number of amides is 1. The number of hydrogen-bond donors (Lipinski definition) is 1. The Kier molecular flexibility index (Phi) is 6.04. The Hall–Kier alpha value is -3.32. The van der Waals surface area contributed by atoms with Crippen molar-refractivity contribution in [2.75, 3.05) is 26.8 Å². The van der Waals surface area contributed by atoms with E-state index in [1.807, 2.05) is 42.5 Å². The number of carboxylic acids is 1. The van der Waals surface area contributed by atoms with E-state index in [1.54, 1.807) is 7.11 Å². The molecule has 1 fully saturated rings. The van der Waals surface area contributed by atoms with Gasteiger partial charge in [-0.25, -0.2) is 4.79 Å². The summed E-state index contributed by atoms with van der Waals surface area (Å²) < 4.78 is 11.9. The molecule has 2 aliphatic rings. The van der Waals surface area contributed by atoms with Crippen LogP contribution in [0.1, 0.15) is 28.5 Å². The number of aliphatic carboxylic acids is 1. The molecular formula is C27H24BrNO5. The van der Waals surface area contributed by atoms with Gasteiger partial charge in [-0.15, -0.1) is 0 Å². The Labute approximate surface area is 206 Å². The van der Waals surface area contributed by atoms with Gasteiger partial charge >= 0.3 is 12.1 Å². The number of carbonyl (C=O) groups is 2. The predicted molar refractivity (Wildman–Crippen MR) is 131 cm³/mol. The van der Waals surface area contributed by atoms with Crippen LogP contribution in [0, 0.1) is 5.92 Å². The number of hydrogen-bond acceptors (Lipinski definition) is 4. The summed E-state index contributed by atoms with van der Waals surface area (Å²) in [5, 5.41) is 9.86. The molecule has 2 atom stereocenters. The lowest BCUT2D eigenvalue weighted by Crippen LogP contribution is -2.31. The van der Waals surface area contributed by atoms with Gasteiger partial charge in [0, 0.05) is 29.4 Å². The fourth-order valence-electron chi connectivity index (χ4n) is 5.14. The van der Waals surface area contributed by atoms with Crippen LogP contribution in [0.25, 0.3) is 11.1 Å². The van der Waals surface area contributed by atoms with E-state index in [2.05, 4.69) is 40.2 Å². The lowest BCUT2D eigenvalue weighted by atomic mass is 9.89. The topological polar surface area (TPSA) is 76.1 Å². The van der Waals surface area contributed by atoms with Gasteiger partial charge in [0.15, 0.2) is 0 Å². The molecule has 7 heteroatoms. The van der Waals surface area contributed by atoms with Crippen LogP contribution in [-0.2, 0) is 9.53 Å². The third-order valence-electron chi connectivity index (χ3n) is 6.83. The van der Waals surface area contributed by atoms with Gasteiger partial charge < -0.3 is 19.5 Å². The average molecular weight is 522 g/mol. The Morgan fingerprint density at radius 1 is 0.971 bits per heavy atom. The summed E-state index contributed by atoms with van der Waals surface area (Å²) in [4.78, 5) is 26.6. The van der Waals surface area contributed by atoms with Crippen molar-refractivity contribution in [3.05, 3.63) is 87.9 Å². The first-order valence-corrected chi connectivity index (χ1v) is 11.9. The van der Waals surface area contributed by atoms with Crippen LogP contribution in [0.15, 0.2) is 71.2 Å². The van der Waals surface area contributed by atoms with Gasteiger partial charge in [-0.2, -0.15) is 0 Å². The van der Waals surface area contributed by atoms with E-state index >= 15 is 0 Å². The molecule has 1 aliphatic carbocycles. The number of carbonyl (C=O) groups excluding carboxylic acids is 1. The molecule has 1 N–H and O–H groups in total. The molecule has 3 aromatic rings. The zero-order chi connectivity index (χ0) is 23.8. The van der Waals surface area contributed by atoms with Crippen molar-refractivity contribution in [3.63, 3.8) is 0 Å². The maximum Gasteiger partial charge on any atom is 0.409 e. The van der Waals surface area contributed by atoms with Crippen LogP contribution in [0.4, 0.5) is 4.79 Å². The van der Waals surface area contributed by atoms with Crippen molar-refractivity contribution < 1.29 is 24.2 Å².